The molecule has 0 bridgehead atoms. The molecule has 1 aliphatic rings. The van der Waals surface area contributed by atoms with E-state index in [0.717, 1.165) is 34.6 Å². The van der Waals surface area contributed by atoms with E-state index in [1.165, 1.54) is 4.31 Å². The minimum Gasteiger partial charge on any atom is -0.354 e. The van der Waals surface area contributed by atoms with Crippen LogP contribution in [0.2, 0.25) is 0 Å². The van der Waals surface area contributed by atoms with Crippen LogP contribution in [-0.2, 0) is 16.2 Å². The van der Waals surface area contributed by atoms with Gasteiger partial charge in [0.25, 0.3) is 0 Å². The van der Waals surface area contributed by atoms with Crippen LogP contribution in [0.1, 0.15) is 5.56 Å². The SMILES string of the molecule is O=S(=O)(c1ccc(C(F)(F)F)cc1)N1CCN(c2ccc(Br)cn2)CC1. The van der Waals surface area contributed by atoms with Crippen molar-refractivity contribution in [3.05, 3.63) is 52.6 Å². The van der Waals surface area contributed by atoms with E-state index in [-0.39, 0.29) is 18.0 Å². The maximum Gasteiger partial charge on any atom is 0.416 e. The molecule has 10 heteroatoms. The van der Waals surface area contributed by atoms with Gasteiger partial charge in [-0.05, 0) is 52.3 Å². The number of hydrogen-bond donors (Lipinski definition) is 0. The van der Waals surface area contributed by atoms with Gasteiger partial charge in [0.05, 0.1) is 10.5 Å². The molecular formula is C16H15BrF3N3O2S. The molecule has 1 saturated heterocycles. The summed E-state index contributed by atoms with van der Waals surface area (Å²) in [5, 5.41) is 0. The second-order valence-corrected chi connectivity index (χ2v) is 8.60. The van der Waals surface area contributed by atoms with Gasteiger partial charge in [-0.15, -0.1) is 0 Å². The molecule has 2 heterocycles. The average molecular weight is 450 g/mol. The number of piperazine rings is 1. The Morgan fingerprint density at radius 1 is 0.962 bits per heavy atom. The minimum absolute atomic E-state index is 0.138. The van der Waals surface area contributed by atoms with E-state index in [1.54, 1.807) is 6.20 Å². The maximum absolute atomic E-state index is 12.6. The minimum atomic E-state index is -4.49. The van der Waals surface area contributed by atoms with Gasteiger partial charge in [-0.3, -0.25) is 0 Å². The van der Waals surface area contributed by atoms with Crippen molar-refractivity contribution in [1.82, 2.24) is 9.29 Å². The standard InChI is InChI=1S/C16H15BrF3N3O2S/c17-13-3-6-15(21-11-13)22-7-9-23(10-8-22)26(24,25)14-4-1-12(2-5-14)16(18,19)20/h1-6,11H,7-10H2. The van der Waals surface area contributed by atoms with Crippen LogP contribution >= 0.6 is 15.9 Å². The number of nitrogens with zero attached hydrogens (tertiary/aromatic N) is 3. The van der Waals surface area contributed by atoms with Crippen molar-refractivity contribution in [1.29, 1.82) is 0 Å². The monoisotopic (exact) mass is 449 g/mol. The summed E-state index contributed by atoms with van der Waals surface area (Å²) in [4.78, 5) is 6.11. The molecule has 1 aliphatic heterocycles. The number of rotatable bonds is 3. The Bertz CT molecular complexity index is 863. The third-order valence-electron chi connectivity index (χ3n) is 4.09. The number of alkyl halides is 3. The van der Waals surface area contributed by atoms with Gasteiger partial charge in [-0.25, -0.2) is 13.4 Å². The highest BCUT2D eigenvalue weighted by Crippen LogP contribution is 2.30. The number of benzene rings is 1. The van der Waals surface area contributed by atoms with E-state index in [1.807, 2.05) is 17.0 Å². The van der Waals surface area contributed by atoms with Gasteiger partial charge < -0.3 is 4.90 Å². The molecule has 5 nitrogen and oxygen atoms in total. The van der Waals surface area contributed by atoms with Crippen molar-refractivity contribution in [3.8, 4) is 0 Å². The van der Waals surface area contributed by atoms with Crippen molar-refractivity contribution >= 4 is 31.8 Å². The Labute approximate surface area is 157 Å². The first-order chi connectivity index (χ1) is 12.2. The first-order valence-electron chi connectivity index (χ1n) is 7.72. The number of sulfonamides is 1. The quantitative estimate of drug-likeness (QED) is 0.720. The predicted molar refractivity (Wildman–Crippen MR) is 94.4 cm³/mol. The topological polar surface area (TPSA) is 53.5 Å². The number of pyridine rings is 1. The molecule has 1 aromatic carbocycles. The summed E-state index contributed by atoms with van der Waals surface area (Å²) in [6.07, 6.45) is -2.83. The molecule has 0 atom stereocenters. The van der Waals surface area contributed by atoms with Crippen LogP contribution in [-0.4, -0.2) is 43.9 Å². The lowest BCUT2D eigenvalue weighted by Gasteiger charge is -2.34. The van der Waals surface area contributed by atoms with Gasteiger partial charge in [-0.2, -0.15) is 17.5 Å². The normalized spacial score (nSPS) is 16.7. The summed E-state index contributed by atoms with van der Waals surface area (Å²) >= 11 is 3.31. The summed E-state index contributed by atoms with van der Waals surface area (Å²) in [7, 11) is -3.83. The van der Waals surface area contributed by atoms with Crippen molar-refractivity contribution in [2.45, 2.75) is 11.1 Å². The average Bonchev–Trinajstić information content (AvgIpc) is 2.62. The van der Waals surface area contributed by atoms with Crippen molar-refractivity contribution < 1.29 is 21.6 Å². The Hall–Kier alpha value is -1.65. The largest absolute Gasteiger partial charge is 0.416 e. The number of aromatic nitrogens is 1. The molecule has 140 valence electrons. The van der Waals surface area contributed by atoms with Crippen molar-refractivity contribution in [2.75, 3.05) is 31.1 Å². The van der Waals surface area contributed by atoms with Crippen LogP contribution in [0.4, 0.5) is 19.0 Å². The molecule has 26 heavy (non-hydrogen) atoms. The van der Waals surface area contributed by atoms with Gasteiger partial charge >= 0.3 is 6.18 Å². The summed E-state index contributed by atoms with van der Waals surface area (Å²) in [6, 6.07) is 7.27. The number of anilines is 1. The van der Waals surface area contributed by atoms with Crippen LogP contribution in [0.3, 0.4) is 0 Å². The zero-order chi connectivity index (χ0) is 18.9. The molecule has 1 aromatic heterocycles. The Morgan fingerprint density at radius 2 is 1.58 bits per heavy atom. The second kappa shape index (κ2) is 7.16. The van der Waals surface area contributed by atoms with Crippen LogP contribution in [0.15, 0.2) is 52.0 Å². The van der Waals surface area contributed by atoms with E-state index in [0.29, 0.717) is 13.1 Å². The second-order valence-electron chi connectivity index (χ2n) is 5.75. The highest BCUT2D eigenvalue weighted by molar-refractivity contribution is 9.10. The fourth-order valence-corrected chi connectivity index (χ4v) is 4.33. The number of halogens is 4. The zero-order valence-corrected chi connectivity index (χ0v) is 15.9. The first kappa shape index (κ1) is 19.1. The van der Waals surface area contributed by atoms with Crippen molar-refractivity contribution in [3.63, 3.8) is 0 Å². The Kier molecular flexibility index (Phi) is 5.27. The highest BCUT2D eigenvalue weighted by atomic mass is 79.9. The van der Waals surface area contributed by atoms with Gasteiger partial charge in [0, 0.05) is 36.8 Å². The molecule has 0 N–H and O–H groups in total. The van der Waals surface area contributed by atoms with E-state index in [4.69, 9.17) is 0 Å². The Morgan fingerprint density at radius 3 is 2.08 bits per heavy atom. The van der Waals surface area contributed by atoms with Gasteiger partial charge in [0.15, 0.2) is 0 Å². The van der Waals surface area contributed by atoms with Gasteiger partial charge in [0.1, 0.15) is 5.82 Å². The fraction of sp³-hybridized carbons (Fsp3) is 0.312. The molecule has 0 radical (unpaired) electrons. The lowest BCUT2D eigenvalue weighted by Crippen LogP contribution is -2.48. The van der Waals surface area contributed by atoms with E-state index in [2.05, 4.69) is 20.9 Å². The summed E-state index contributed by atoms with van der Waals surface area (Å²) in [5.74, 6) is 0.750. The first-order valence-corrected chi connectivity index (χ1v) is 9.95. The van der Waals surface area contributed by atoms with Crippen molar-refractivity contribution in [2.24, 2.45) is 0 Å². The summed E-state index contributed by atoms with van der Waals surface area (Å²) < 4.78 is 65.3. The zero-order valence-electron chi connectivity index (χ0n) is 13.4. The number of hydrogen-bond acceptors (Lipinski definition) is 4. The molecule has 2 aromatic rings. The molecule has 0 amide bonds. The molecule has 0 unspecified atom stereocenters. The maximum atomic E-state index is 12.6. The third-order valence-corrected chi connectivity index (χ3v) is 6.48. The van der Waals surface area contributed by atoms with E-state index >= 15 is 0 Å². The third kappa shape index (κ3) is 4.02. The molecule has 0 saturated carbocycles. The Balaban J connectivity index is 1.70. The van der Waals surface area contributed by atoms with Gasteiger partial charge in [-0.1, -0.05) is 0 Å². The van der Waals surface area contributed by atoms with Crippen LogP contribution in [0, 0.1) is 0 Å². The molecule has 0 aliphatic carbocycles. The highest BCUT2D eigenvalue weighted by Gasteiger charge is 2.32. The summed E-state index contributed by atoms with van der Waals surface area (Å²) in [5.41, 5.74) is -0.873. The van der Waals surface area contributed by atoms with Crippen LogP contribution in [0.5, 0.6) is 0 Å². The molecule has 3 rings (SSSR count). The smallest absolute Gasteiger partial charge is 0.354 e. The fourth-order valence-electron chi connectivity index (χ4n) is 2.68. The molecule has 1 fully saturated rings. The lowest BCUT2D eigenvalue weighted by molar-refractivity contribution is -0.137. The predicted octanol–water partition coefficient (Wildman–Crippen LogP) is 3.37. The van der Waals surface area contributed by atoms with E-state index in [9.17, 15) is 21.6 Å². The lowest BCUT2D eigenvalue weighted by atomic mass is 10.2. The van der Waals surface area contributed by atoms with Crippen LogP contribution in [0.25, 0.3) is 0 Å². The summed E-state index contributed by atoms with van der Waals surface area (Å²) in [6.45, 7) is 1.38. The molecular weight excluding hydrogens is 435 g/mol. The van der Waals surface area contributed by atoms with Gasteiger partial charge in [0.2, 0.25) is 10.0 Å². The van der Waals surface area contributed by atoms with Crippen LogP contribution < -0.4 is 4.90 Å². The molecule has 0 spiro atoms. The van der Waals surface area contributed by atoms with E-state index < -0.39 is 21.8 Å².